The van der Waals surface area contributed by atoms with Crippen molar-refractivity contribution in [3.63, 3.8) is 0 Å². The van der Waals surface area contributed by atoms with Crippen molar-refractivity contribution >= 4 is 33.5 Å². The molecule has 0 spiro atoms. The molecule has 3 nitrogen and oxygen atoms in total. The number of carbonyl (C=O) groups is 1. The molecule has 2 aromatic heterocycles. The fraction of sp³-hybridized carbons (Fsp3) is 0.167. The zero-order valence-corrected chi connectivity index (χ0v) is 11.7. The van der Waals surface area contributed by atoms with E-state index < -0.39 is 0 Å². The number of ketones is 1. The van der Waals surface area contributed by atoms with Crippen molar-refractivity contribution in [2.75, 3.05) is 5.75 Å². The summed E-state index contributed by atoms with van der Waals surface area (Å²) in [6, 6.07) is 7.52. The zero-order chi connectivity index (χ0) is 12.3. The van der Waals surface area contributed by atoms with Crippen LogP contribution in [0.4, 0.5) is 0 Å². The SMILES string of the molecule is Cn1cccc1C(=O)CSc1ccc(Br)cn1. The van der Waals surface area contributed by atoms with Gasteiger partial charge in [0.1, 0.15) is 0 Å². The molecule has 0 N–H and O–H groups in total. The average Bonchev–Trinajstić information content (AvgIpc) is 2.74. The summed E-state index contributed by atoms with van der Waals surface area (Å²) in [6.45, 7) is 0. The third kappa shape index (κ3) is 3.20. The number of carbonyl (C=O) groups excluding carboxylic acids is 1. The van der Waals surface area contributed by atoms with Gasteiger partial charge >= 0.3 is 0 Å². The van der Waals surface area contributed by atoms with Gasteiger partial charge in [-0.1, -0.05) is 11.8 Å². The summed E-state index contributed by atoms with van der Waals surface area (Å²) in [4.78, 5) is 16.1. The molecule has 0 atom stereocenters. The Bertz CT molecular complexity index is 522. The fourth-order valence-corrected chi connectivity index (χ4v) is 2.36. The maximum absolute atomic E-state index is 11.9. The Morgan fingerprint density at radius 2 is 2.29 bits per heavy atom. The van der Waals surface area contributed by atoms with Gasteiger partial charge in [0, 0.05) is 23.9 Å². The molecule has 0 saturated heterocycles. The molecule has 2 rings (SSSR count). The highest BCUT2D eigenvalue weighted by molar-refractivity contribution is 9.10. The molecule has 0 radical (unpaired) electrons. The molecular weight excluding hydrogens is 300 g/mol. The maximum atomic E-state index is 11.9. The van der Waals surface area contributed by atoms with E-state index in [9.17, 15) is 4.79 Å². The van der Waals surface area contributed by atoms with Crippen LogP contribution in [0.15, 0.2) is 46.2 Å². The van der Waals surface area contributed by atoms with E-state index in [4.69, 9.17) is 0 Å². The van der Waals surface area contributed by atoms with Gasteiger partial charge in [-0.2, -0.15) is 0 Å². The Kier molecular flexibility index (Phi) is 4.02. The third-order valence-corrected chi connectivity index (χ3v) is 3.69. The molecule has 5 heteroatoms. The number of hydrogen-bond acceptors (Lipinski definition) is 3. The second-order valence-corrected chi connectivity index (χ2v) is 5.44. The van der Waals surface area contributed by atoms with Crippen LogP contribution in [-0.2, 0) is 7.05 Å². The van der Waals surface area contributed by atoms with Crippen molar-refractivity contribution in [2.45, 2.75) is 5.03 Å². The molecule has 2 aromatic rings. The highest BCUT2D eigenvalue weighted by Gasteiger charge is 2.09. The van der Waals surface area contributed by atoms with Gasteiger partial charge in [0.15, 0.2) is 5.78 Å². The Hall–Kier alpha value is -1.07. The van der Waals surface area contributed by atoms with Gasteiger partial charge in [0.05, 0.1) is 16.5 Å². The minimum Gasteiger partial charge on any atom is -0.348 e. The van der Waals surface area contributed by atoms with Gasteiger partial charge in [-0.3, -0.25) is 4.79 Å². The van der Waals surface area contributed by atoms with E-state index in [0.717, 1.165) is 15.2 Å². The van der Waals surface area contributed by atoms with Gasteiger partial charge in [-0.25, -0.2) is 4.98 Å². The van der Waals surface area contributed by atoms with Gasteiger partial charge in [-0.05, 0) is 40.2 Å². The summed E-state index contributed by atoms with van der Waals surface area (Å²) in [6.07, 6.45) is 3.60. The van der Waals surface area contributed by atoms with Crippen molar-refractivity contribution in [2.24, 2.45) is 7.05 Å². The molecule has 17 heavy (non-hydrogen) atoms. The first-order valence-electron chi connectivity index (χ1n) is 5.05. The molecule has 0 bridgehead atoms. The Labute approximate surface area is 112 Å². The number of aromatic nitrogens is 2. The van der Waals surface area contributed by atoms with E-state index in [1.807, 2.05) is 42.1 Å². The van der Waals surface area contributed by atoms with E-state index in [2.05, 4.69) is 20.9 Å². The summed E-state index contributed by atoms with van der Waals surface area (Å²) in [5, 5.41) is 0.857. The molecule has 0 aliphatic carbocycles. The number of aryl methyl sites for hydroxylation is 1. The van der Waals surface area contributed by atoms with Crippen molar-refractivity contribution in [1.29, 1.82) is 0 Å². The molecule has 2 heterocycles. The summed E-state index contributed by atoms with van der Waals surface area (Å²) in [5.74, 6) is 0.527. The summed E-state index contributed by atoms with van der Waals surface area (Å²) in [7, 11) is 1.87. The van der Waals surface area contributed by atoms with Crippen LogP contribution in [0.2, 0.25) is 0 Å². The molecule has 0 aromatic carbocycles. The van der Waals surface area contributed by atoms with Gasteiger partial charge < -0.3 is 4.57 Å². The van der Waals surface area contributed by atoms with E-state index >= 15 is 0 Å². The lowest BCUT2D eigenvalue weighted by Gasteiger charge is -2.02. The van der Waals surface area contributed by atoms with Crippen LogP contribution in [0.1, 0.15) is 10.5 Å². The monoisotopic (exact) mass is 310 g/mol. The Balaban J connectivity index is 1.97. The second-order valence-electron chi connectivity index (χ2n) is 3.53. The quantitative estimate of drug-likeness (QED) is 0.642. The normalized spacial score (nSPS) is 10.5. The van der Waals surface area contributed by atoms with E-state index in [0.29, 0.717) is 5.75 Å². The maximum Gasteiger partial charge on any atom is 0.189 e. The molecule has 0 amide bonds. The van der Waals surface area contributed by atoms with Gasteiger partial charge in [0.2, 0.25) is 0 Å². The number of hydrogen-bond donors (Lipinski definition) is 0. The van der Waals surface area contributed by atoms with Crippen LogP contribution in [0, 0.1) is 0 Å². The first kappa shape index (κ1) is 12.4. The van der Waals surface area contributed by atoms with Crippen molar-refractivity contribution < 1.29 is 4.79 Å². The lowest BCUT2D eigenvalue weighted by molar-refractivity contribution is 0.101. The smallest absolute Gasteiger partial charge is 0.189 e. The predicted molar refractivity (Wildman–Crippen MR) is 72.4 cm³/mol. The minimum atomic E-state index is 0.118. The number of halogens is 1. The largest absolute Gasteiger partial charge is 0.348 e. The van der Waals surface area contributed by atoms with Crippen LogP contribution in [0.5, 0.6) is 0 Å². The summed E-state index contributed by atoms with van der Waals surface area (Å²) < 4.78 is 2.77. The van der Waals surface area contributed by atoms with Gasteiger partial charge in [0.25, 0.3) is 0 Å². The summed E-state index contributed by atoms with van der Waals surface area (Å²) in [5.41, 5.74) is 0.731. The minimum absolute atomic E-state index is 0.118. The Morgan fingerprint density at radius 1 is 1.47 bits per heavy atom. The van der Waals surface area contributed by atoms with Crippen LogP contribution in [-0.4, -0.2) is 21.1 Å². The first-order chi connectivity index (χ1) is 8.16. The van der Waals surface area contributed by atoms with E-state index in [-0.39, 0.29) is 5.78 Å². The number of Topliss-reactive ketones (excluding diaryl/α,β-unsaturated/α-hetero) is 1. The van der Waals surface area contributed by atoms with E-state index in [1.165, 1.54) is 11.8 Å². The molecule has 88 valence electrons. The van der Waals surface area contributed by atoms with E-state index in [1.54, 1.807) is 6.20 Å². The van der Waals surface area contributed by atoms with Crippen molar-refractivity contribution in [1.82, 2.24) is 9.55 Å². The van der Waals surface area contributed by atoms with Crippen LogP contribution in [0.25, 0.3) is 0 Å². The topological polar surface area (TPSA) is 34.9 Å². The lowest BCUT2D eigenvalue weighted by Crippen LogP contribution is -2.07. The van der Waals surface area contributed by atoms with Crippen molar-refractivity contribution in [3.05, 3.63) is 46.8 Å². The molecule has 0 fully saturated rings. The zero-order valence-electron chi connectivity index (χ0n) is 9.26. The Morgan fingerprint density at radius 3 is 2.88 bits per heavy atom. The van der Waals surface area contributed by atoms with Crippen LogP contribution >= 0.6 is 27.7 Å². The standard InChI is InChI=1S/C12H11BrN2OS/c1-15-6-2-3-10(15)11(16)8-17-12-5-4-9(13)7-14-12/h2-7H,8H2,1H3. The predicted octanol–water partition coefficient (Wildman–Crippen LogP) is 3.16. The molecule has 0 saturated carbocycles. The number of thioether (sulfide) groups is 1. The van der Waals surface area contributed by atoms with Gasteiger partial charge in [-0.15, -0.1) is 0 Å². The molecular formula is C12H11BrN2OS. The molecule has 0 unspecified atom stereocenters. The lowest BCUT2D eigenvalue weighted by atomic mass is 10.3. The van der Waals surface area contributed by atoms with Crippen LogP contribution < -0.4 is 0 Å². The number of pyridine rings is 1. The average molecular weight is 311 g/mol. The number of nitrogens with zero attached hydrogens (tertiary/aromatic N) is 2. The highest BCUT2D eigenvalue weighted by atomic mass is 79.9. The first-order valence-corrected chi connectivity index (χ1v) is 6.83. The third-order valence-electron chi connectivity index (χ3n) is 2.28. The molecule has 0 aliphatic heterocycles. The highest BCUT2D eigenvalue weighted by Crippen LogP contribution is 2.18. The second kappa shape index (κ2) is 5.51. The number of rotatable bonds is 4. The van der Waals surface area contributed by atoms with Crippen molar-refractivity contribution in [3.8, 4) is 0 Å². The summed E-state index contributed by atoms with van der Waals surface area (Å²) >= 11 is 4.77. The fourth-order valence-electron chi connectivity index (χ4n) is 1.41. The van der Waals surface area contributed by atoms with Crippen LogP contribution in [0.3, 0.4) is 0 Å². The molecule has 0 aliphatic rings.